The topological polar surface area (TPSA) is 18.5 Å². The van der Waals surface area contributed by atoms with Crippen LogP contribution in [0.2, 0.25) is 0 Å². The molecule has 2 fully saturated rings. The van der Waals surface area contributed by atoms with Crippen molar-refractivity contribution < 1.29 is 0 Å². The zero-order chi connectivity index (χ0) is 13.2. The summed E-state index contributed by atoms with van der Waals surface area (Å²) in [6.45, 7) is 11.8. The first-order valence-corrected chi connectivity index (χ1v) is 7.50. The number of rotatable bonds is 3. The molecule has 0 spiro atoms. The van der Waals surface area contributed by atoms with Gasteiger partial charge in [-0.2, -0.15) is 0 Å². The summed E-state index contributed by atoms with van der Waals surface area (Å²) >= 11 is 0. The molecule has 2 heterocycles. The van der Waals surface area contributed by atoms with Crippen LogP contribution < -0.4 is 5.32 Å². The highest BCUT2D eigenvalue weighted by molar-refractivity contribution is 5.28. The molecule has 104 valence electrons. The lowest BCUT2D eigenvalue weighted by molar-refractivity contribution is 0.0551. The lowest BCUT2D eigenvalue weighted by atomic mass is 10.0. The third kappa shape index (κ3) is 2.69. The van der Waals surface area contributed by atoms with E-state index in [0.717, 1.165) is 6.04 Å². The first-order chi connectivity index (χ1) is 9.25. The van der Waals surface area contributed by atoms with Crippen molar-refractivity contribution in [2.24, 2.45) is 0 Å². The van der Waals surface area contributed by atoms with Gasteiger partial charge in [-0.25, -0.2) is 0 Å². The van der Waals surface area contributed by atoms with Gasteiger partial charge in [0.15, 0.2) is 0 Å². The van der Waals surface area contributed by atoms with E-state index < -0.39 is 0 Å². The molecule has 0 radical (unpaired) electrons. The van der Waals surface area contributed by atoms with Crippen molar-refractivity contribution in [2.75, 3.05) is 39.3 Å². The highest BCUT2D eigenvalue weighted by Gasteiger charge is 2.29. The average molecular weight is 259 g/mol. The van der Waals surface area contributed by atoms with Gasteiger partial charge >= 0.3 is 0 Å². The van der Waals surface area contributed by atoms with Crippen LogP contribution in [-0.2, 0) is 0 Å². The number of aryl methyl sites for hydroxylation is 1. The van der Waals surface area contributed by atoms with Crippen molar-refractivity contribution in [1.82, 2.24) is 15.1 Å². The van der Waals surface area contributed by atoms with Crippen LogP contribution in [0.25, 0.3) is 0 Å². The molecule has 19 heavy (non-hydrogen) atoms. The molecule has 0 aliphatic carbocycles. The Hall–Kier alpha value is -0.900. The summed E-state index contributed by atoms with van der Waals surface area (Å²) in [5.41, 5.74) is 2.90. The van der Waals surface area contributed by atoms with Crippen LogP contribution in [0.3, 0.4) is 0 Å². The summed E-state index contributed by atoms with van der Waals surface area (Å²) in [4.78, 5) is 5.28. The zero-order valence-corrected chi connectivity index (χ0v) is 12.1. The van der Waals surface area contributed by atoms with Crippen molar-refractivity contribution in [3.05, 3.63) is 35.4 Å². The van der Waals surface area contributed by atoms with Crippen molar-refractivity contribution in [3.63, 3.8) is 0 Å². The van der Waals surface area contributed by atoms with Crippen molar-refractivity contribution in [1.29, 1.82) is 0 Å². The Morgan fingerprint density at radius 1 is 1.11 bits per heavy atom. The quantitative estimate of drug-likeness (QED) is 0.890. The lowest BCUT2D eigenvalue weighted by Crippen LogP contribution is -2.61. The van der Waals surface area contributed by atoms with E-state index >= 15 is 0 Å². The molecule has 2 aliphatic heterocycles. The van der Waals surface area contributed by atoms with Crippen LogP contribution in [0.15, 0.2) is 24.3 Å². The molecule has 0 amide bonds. The number of nitrogens with one attached hydrogen (secondary N) is 1. The van der Waals surface area contributed by atoms with Gasteiger partial charge in [0.05, 0.1) is 0 Å². The zero-order valence-electron chi connectivity index (χ0n) is 12.1. The Bertz CT molecular complexity index is 420. The second-order valence-electron chi connectivity index (χ2n) is 5.92. The van der Waals surface area contributed by atoms with Crippen molar-refractivity contribution in [2.45, 2.75) is 25.9 Å². The molecule has 1 aromatic carbocycles. The van der Waals surface area contributed by atoms with Gasteiger partial charge in [-0.3, -0.25) is 9.80 Å². The summed E-state index contributed by atoms with van der Waals surface area (Å²) < 4.78 is 0. The Kier molecular flexibility index (Phi) is 3.87. The predicted octanol–water partition coefficient (Wildman–Crippen LogP) is 1.65. The molecular formula is C16H25N3. The minimum Gasteiger partial charge on any atom is -0.314 e. The third-order valence-corrected chi connectivity index (χ3v) is 4.81. The lowest BCUT2D eigenvalue weighted by Gasteiger charge is -2.44. The van der Waals surface area contributed by atoms with Crippen LogP contribution in [0.5, 0.6) is 0 Å². The van der Waals surface area contributed by atoms with Gasteiger partial charge in [0.2, 0.25) is 0 Å². The van der Waals surface area contributed by atoms with E-state index in [4.69, 9.17) is 0 Å². The summed E-state index contributed by atoms with van der Waals surface area (Å²) in [5, 5.41) is 3.37. The SMILES string of the molecule is Cc1ccccc1C(C)N1CCN(C2CNC2)CC1. The number of hydrogen-bond donors (Lipinski definition) is 1. The molecule has 0 saturated carbocycles. The monoisotopic (exact) mass is 259 g/mol. The first kappa shape index (κ1) is 13.1. The highest BCUT2D eigenvalue weighted by atomic mass is 15.3. The maximum absolute atomic E-state index is 3.37. The van der Waals surface area contributed by atoms with Gasteiger partial charge in [-0.05, 0) is 25.0 Å². The van der Waals surface area contributed by atoms with Gasteiger partial charge in [0.1, 0.15) is 0 Å². The Balaban J connectivity index is 1.60. The van der Waals surface area contributed by atoms with E-state index in [1.807, 2.05) is 0 Å². The Morgan fingerprint density at radius 2 is 1.79 bits per heavy atom. The summed E-state index contributed by atoms with van der Waals surface area (Å²) in [6, 6.07) is 10.1. The predicted molar refractivity (Wildman–Crippen MR) is 79.4 cm³/mol. The average Bonchev–Trinajstić information content (AvgIpc) is 2.37. The molecule has 3 heteroatoms. The van der Waals surface area contributed by atoms with Crippen LogP contribution >= 0.6 is 0 Å². The van der Waals surface area contributed by atoms with E-state index in [0.29, 0.717) is 6.04 Å². The number of hydrogen-bond acceptors (Lipinski definition) is 3. The molecule has 3 rings (SSSR count). The maximum atomic E-state index is 3.37. The van der Waals surface area contributed by atoms with E-state index in [-0.39, 0.29) is 0 Å². The van der Waals surface area contributed by atoms with E-state index in [9.17, 15) is 0 Å². The van der Waals surface area contributed by atoms with Crippen LogP contribution in [0, 0.1) is 6.92 Å². The number of benzene rings is 1. The molecule has 1 N–H and O–H groups in total. The highest BCUT2D eigenvalue weighted by Crippen LogP contribution is 2.24. The maximum Gasteiger partial charge on any atom is 0.0346 e. The fraction of sp³-hybridized carbons (Fsp3) is 0.625. The van der Waals surface area contributed by atoms with Crippen molar-refractivity contribution in [3.8, 4) is 0 Å². The Morgan fingerprint density at radius 3 is 2.37 bits per heavy atom. The van der Waals surface area contributed by atoms with Crippen LogP contribution in [0.4, 0.5) is 0 Å². The molecule has 3 nitrogen and oxygen atoms in total. The fourth-order valence-corrected chi connectivity index (χ4v) is 3.27. The minimum absolute atomic E-state index is 0.544. The van der Waals surface area contributed by atoms with E-state index in [1.165, 1.54) is 50.4 Å². The largest absolute Gasteiger partial charge is 0.314 e. The van der Waals surface area contributed by atoms with E-state index in [1.54, 1.807) is 0 Å². The van der Waals surface area contributed by atoms with Gasteiger partial charge in [-0.15, -0.1) is 0 Å². The van der Waals surface area contributed by atoms with Gasteiger partial charge in [0, 0.05) is 51.4 Å². The molecule has 1 unspecified atom stereocenters. The fourth-order valence-electron chi connectivity index (χ4n) is 3.27. The molecule has 1 atom stereocenters. The van der Waals surface area contributed by atoms with Gasteiger partial charge in [0.25, 0.3) is 0 Å². The van der Waals surface area contributed by atoms with Crippen LogP contribution in [-0.4, -0.2) is 55.1 Å². The van der Waals surface area contributed by atoms with Crippen LogP contribution in [0.1, 0.15) is 24.1 Å². The molecule has 0 bridgehead atoms. The number of nitrogens with zero attached hydrogens (tertiary/aromatic N) is 2. The second kappa shape index (κ2) is 5.61. The normalized spacial score (nSPS) is 24.1. The minimum atomic E-state index is 0.544. The first-order valence-electron chi connectivity index (χ1n) is 7.50. The van der Waals surface area contributed by atoms with Gasteiger partial charge in [-0.1, -0.05) is 24.3 Å². The van der Waals surface area contributed by atoms with Crippen molar-refractivity contribution >= 4 is 0 Å². The molecule has 2 aliphatic rings. The number of piperazine rings is 1. The standard InChI is InChI=1S/C16H25N3/c1-13-5-3-4-6-16(13)14(2)18-7-9-19(10-8-18)15-11-17-12-15/h3-6,14-15,17H,7-12H2,1-2H3. The summed E-state index contributed by atoms with van der Waals surface area (Å²) in [7, 11) is 0. The molecular weight excluding hydrogens is 234 g/mol. The summed E-state index contributed by atoms with van der Waals surface area (Å²) in [5.74, 6) is 0. The molecule has 0 aromatic heterocycles. The molecule has 2 saturated heterocycles. The summed E-state index contributed by atoms with van der Waals surface area (Å²) in [6.07, 6.45) is 0. The second-order valence-corrected chi connectivity index (χ2v) is 5.92. The van der Waals surface area contributed by atoms with E-state index in [2.05, 4.69) is 53.2 Å². The Labute approximate surface area is 116 Å². The molecule has 1 aromatic rings. The third-order valence-electron chi connectivity index (χ3n) is 4.81. The smallest absolute Gasteiger partial charge is 0.0346 e. The van der Waals surface area contributed by atoms with Gasteiger partial charge < -0.3 is 5.32 Å².